The molecular formula is C17H32N2O. The molecule has 0 amide bonds. The van der Waals surface area contributed by atoms with E-state index in [1.165, 1.54) is 58.2 Å². The number of aliphatic hydroxyl groups is 1. The summed E-state index contributed by atoms with van der Waals surface area (Å²) in [5, 5.41) is 13.1. The van der Waals surface area contributed by atoms with Gasteiger partial charge >= 0.3 is 0 Å². The van der Waals surface area contributed by atoms with E-state index in [4.69, 9.17) is 0 Å². The van der Waals surface area contributed by atoms with Crippen molar-refractivity contribution in [2.75, 3.05) is 26.2 Å². The summed E-state index contributed by atoms with van der Waals surface area (Å²) in [4.78, 5) is 2.72. The Kier molecular flexibility index (Phi) is 5.00. The Morgan fingerprint density at radius 3 is 2.50 bits per heavy atom. The van der Waals surface area contributed by atoms with Crippen molar-refractivity contribution in [3.8, 4) is 0 Å². The lowest BCUT2D eigenvalue weighted by molar-refractivity contribution is 0.0269. The van der Waals surface area contributed by atoms with E-state index in [9.17, 15) is 5.11 Å². The van der Waals surface area contributed by atoms with E-state index in [2.05, 4.69) is 17.1 Å². The highest BCUT2D eigenvalue weighted by Gasteiger charge is 2.36. The maximum Gasteiger partial charge on any atom is 0.0434 e. The van der Waals surface area contributed by atoms with E-state index in [0.717, 1.165) is 24.3 Å². The van der Waals surface area contributed by atoms with Crippen molar-refractivity contribution in [3.63, 3.8) is 0 Å². The molecule has 1 heterocycles. The summed E-state index contributed by atoms with van der Waals surface area (Å²) < 4.78 is 0. The van der Waals surface area contributed by atoms with Crippen LogP contribution in [0.1, 0.15) is 51.9 Å². The minimum Gasteiger partial charge on any atom is -0.396 e. The molecule has 0 aromatic rings. The Morgan fingerprint density at radius 2 is 1.90 bits per heavy atom. The average Bonchev–Trinajstić information content (AvgIpc) is 2.33. The van der Waals surface area contributed by atoms with Gasteiger partial charge in [-0.05, 0) is 62.8 Å². The van der Waals surface area contributed by atoms with E-state index in [-0.39, 0.29) is 0 Å². The molecule has 2 unspecified atom stereocenters. The Balaban J connectivity index is 1.49. The van der Waals surface area contributed by atoms with Gasteiger partial charge < -0.3 is 10.4 Å². The fraction of sp³-hybridized carbons (Fsp3) is 1.00. The standard InChI is InChI=1S/C17H32N2O/c1-13-7-17(8-13)19-11-15(5-6-20)9-16(12-19)18-10-14-3-2-4-14/h13-18,20H,2-12H2,1H3. The van der Waals surface area contributed by atoms with Crippen LogP contribution in [0, 0.1) is 17.8 Å². The van der Waals surface area contributed by atoms with E-state index < -0.39 is 0 Å². The normalized spacial score (nSPS) is 39.3. The van der Waals surface area contributed by atoms with Gasteiger partial charge in [-0.1, -0.05) is 13.3 Å². The molecule has 2 N–H and O–H groups in total. The lowest BCUT2D eigenvalue weighted by Gasteiger charge is -2.48. The van der Waals surface area contributed by atoms with Gasteiger partial charge in [-0.15, -0.1) is 0 Å². The molecule has 1 aliphatic heterocycles. The Hall–Kier alpha value is -0.120. The number of aliphatic hydroxyl groups excluding tert-OH is 1. The summed E-state index contributed by atoms with van der Waals surface area (Å²) in [5.41, 5.74) is 0. The first-order chi connectivity index (χ1) is 9.74. The van der Waals surface area contributed by atoms with Crippen LogP contribution in [0.2, 0.25) is 0 Å². The first-order valence-corrected chi connectivity index (χ1v) is 8.83. The molecule has 3 heteroatoms. The molecule has 0 radical (unpaired) electrons. The third-order valence-electron chi connectivity index (χ3n) is 5.89. The molecule has 1 saturated heterocycles. The number of rotatable bonds is 6. The quantitative estimate of drug-likeness (QED) is 0.783. The zero-order chi connectivity index (χ0) is 13.9. The van der Waals surface area contributed by atoms with Crippen LogP contribution in [-0.2, 0) is 0 Å². The number of nitrogens with zero attached hydrogens (tertiary/aromatic N) is 1. The van der Waals surface area contributed by atoms with E-state index in [1.54, 1.807) is 0 Å². The molecule has 3 aliphatic rings. The average molecular weight is 280 g/mol. The highest BCUT2D eigenvalue weighted by molar-refractivity contribution is 4.92. The third-order valence-corrected chi connectivity index (χ3v) is 5.89. The summed E-state index contributed by atoms with van der Waals surface area (Å²) in [7, 11) is 0. The van der Waals surface area contributed by atoms with Crippen LogP contribution in [0.4, 0.5) is 0 Å². The van der Waals surface area contributed by atoms with Crippen molar-refractivity contribution in [3.05, 3.63) is 0 Å². The monoisotopic (exact) mass is 280 g/mol. The molecule has 0 bridgehead atoms. The van der Waals surface area contributed by atoms with Crippen LogP contribution in [0.25, 0.3) is 0 Å². The first-order valence-electron chi connectivity index (χ1n) is 8.83. The second-order valence-electron chi connectivity index (χ2n) is 7.70. The van der Waals surface area contributed by atoms with E-state index >= 15 is 0 Å². The van der Waals surface area contributed by atoms with Crippen LogP contribution in [0.15, 0.2) is 0 Å². The summed E-state index contributed by atoms with van der Waals surface area (Å²) >= 11 is 0. The van der Waals surface area contributed by atoms with Crippen molar-refractivity contribution in [2.24, 2.45) is 17.8 Å². The second kappa shape index (κ2) is 6.76. The largest absolute Gasteiger partial charge is 0.396 e. The van der Waals surface area contributed by atoms with Gasteiger partial charge in [0.1, 0.15) is 0 Å². The van der Waals surface area contributed by atoms with Gasteiger partial charge in [0.25, 0.3) is 0 Å². The predicted molar refractivity (Wildman–Crippen MR) is 82.7 cm³/mol. The van der Waals surface area contributed by atoms with Gasteiger partial charge in [0.2, 0.25) is 0 Å². The molecule has 3 rings (SSSR count). The molecule has 3 fully saturated rings. The molecule has 20 heavy (non-hydrogen) atoms. The molecule has 2 atom stereocenters. The van der Waals surface area contributed by atoms with Crippen molar-refractivity contribution in [1.29, 1.82) is 0 Å². The van der Waals surface area contributed by atoms with Gasteiger partial charge in [0, 0.05) is 31.8 Å². The second-order valence-corrected chi connectivity index (χ2v) is 7.70. The zero-order valence-corrected chi connectivity index (χ0v) is 13.1. The van der Waals surface area contributed by atoms with Gasteiger partial charge in [-0.3, -0.25) is 4.90 Å². The maximum absolute atomic E-state index is 9.27. The molecule has 0 aromatic carbocycles. The molecule has 2 saturated carbocycles. The number of likely N-dealkylation sites (tertiary alicyclic amines) is 1. The molecule has 2 aliphatic carbocycles. The molecule has 0 spiro atoms. The number of hydrogen-bond acceptors (Lipinski definition) is 3. The number of nitrogens with one attached hydrogen (secondary N) is 1. The van der Waals surface area contributed by atoms with Crippen LogP contribution in [0.3, 0.4) is 0 Å². The van der Waals surface area contributed by atoms with E-state index in [1.807, 2.05) is 0 Å². The Labute approximate surface area is 124 Å². The Morgan fingerprint density at radius 1 is 1.10 bits per heavy atom. The van der Waals surface area contributed by atoms with Crippen LogP contribution in [0.5, 0.6) is 0 Å². The van der Waals surface area contributed by atoms with Crippen LogP contribution in [-0.4, -0.2) is 48.3 Å². The lowest BCUT2D eigenvalue weighted by Crippen LogP contribution is -2.56. The number of hydrogen-bond donors (Lipinski definition) is 2. The van der Waals surface area contributed by atoms with E-state index in [0.29, 0.717) is 18.6 Å². The third kappa shape index (κ3) is 3.55. The number of piperidine rings is 1. The predicted octanol–water partition coefficient (Wildman–Crippen LogP) is 2.25. The minimum absolute atomic E-state index is 0.356. The fourth-order valence-corrected chi connectivity index (χ4v) is 4.27. The Bertz CT molecular complexity index is 299. The van der Waals surface area contributed by atoms with Crippen molar-refractivity contribution >= 4 is 0 Å². The molecule has 116 valence electrons. The molecular weight excluding hydrogens is 248 g/mol. The van der Waals surface area contributed by atoms with Crippen LogP contribution < -0.4 is 5.32 Å². The minimum atomic E-state index is 0.356. The highest BCUT2D eigenvalue weighted by atomic mass is 16.3. The molecule has 0 aromatic heterocycles. The van der Waals surface area contributed by atoms with Crippen molar-refractivity contribution < 1.29 is 5.11 Å². The van der Waals surface area contributed by atoms with Crippen molar-refractivity contribution in [2.45, 2.75) is 64.0 Å². The summed E-state index contributed by atoms with van der Waals surface area (Å²) in [5.74, 6) is 2.58. The highest BCUT2D eigenvalue weighted by Crippen LogP contribution is 2.34. The topological polar surface area (TPSA) is 35.5 Å². The maximum atomic E-state index is 9.27. The van der Waals surface area contributed by atoms with Gasteiger partial charge in [-0.2, -0.15) is 0 Å². The van der Waals surface area contributed by atoms with Gasteiger partial charge in [0.05, 0.1) is 0 Å². The fourth-order valence-electron chi connectivity index (χ4n) is 4.27. The summed E-state index contributed by atoms with van der Waals surface area (Å²) in [6, 6.07) is 1.50. The lowest BCUT2D eigenvalue weighted by atomic mass is 9.78. The summed E-state index contributed by atoms with van der Waals surface area (Å²) in [6.45, 7) is 6.42. The van der Waals surface area contributed by atoms with Crippen molar-refractivity contribution in [1.82, 2.24) is 10.2 Å². The first kappa shape index (κ1) is 14.8. The molecule has 3 nitrogen and oxygen atoms in total. The SMILES string of the molecule is CC1CC(N2CC(CCO)CC(NCC3CCC3)C2)C1. The summed E-state index contributed by atoms with van der Waals surface area (Å²) in [6.07, 6.45) is 9.35. The van der Waals surface area contributed by atoms with Gasteiger partial charge in [0.15, 0.2) is 0 Å². The van der Waals surface area contributed by atoms with Gasteiger partial charge in [-0.25, -0.2) is 0 Å². The van der Waals surface area contributed by atoms with Crippen LogP contribution >= 0.6 is 0 Å². The zero-order valence-electron chi connectivity index (χ0n) is 13.1. The smallest absolute Gasteiger partial charge is 0.0434 e.